The number of benzene rings is 2. The summed E-state index contributed by atoms with van der Waals surface area (Å²) in [6, 6.07) is 15.6. The highest BCUT2D eigenvalue weighted by atomic mass is 19.1. The Kier molecular flexibility index (Phi) is 5.15. The van der Waals surface area contributed by atoms with Crippen molar-refractivity contribution in [1.29, 1.82) is 0 Å². The number of anilines is 1. The molecule has 0 amide bonds. The number of hydrogen-bond acceptors (Lipinski definition) is 7. The van der Waals surface area contributed by atoms with Crippen LogP contribution in [0.1, 0.15) is 23.1 Å². The summed E-state index contributed by atoms with van der Waals surface area (Å²) in [5, 5.41) is 7.78. The van der Waals surface area contributed by atoms with Crippen LogP contribution in [0.4, 0.5) is 10.2 Å². The molecule has 8 heteroatoms. The number of aromatic nitrogens is 3. The van der Waals surface area contributed by atoms with Crippen molar-refractivity contribution >= 4 is 22.9 Å². The maximum atomic E-state index is 13.3. The first-order chi connectivity index (χ1) is 14.2. The fraction of sp³-hybridized carbons (Fsp3) is 0.143. The molecule has 0 atom stereocenters. The zero-order valence-corrected chi connectivity index (χ0v) is 15.6. The Bertz CT molecular complexity index is 1140. The molecule has 7 nitrogen and oxygen atoms in total. The van der Waals surface area contributed by atoms with Crippen molar-refractivity contribution in [2.75, 3.05) is 11.9 Å². The molecule has 4 rings (SSSR count). The number of nitrogens with zero attached hydrogens (tertiary/aromatic N) is 3. The average molecular weight is 392 g/mol. The third-order valence-electron chi connectivity index (χ3n) is 4.21. The number of esters is 1. The van der Waals surface area contributed by atoms with Crippen LogP contribution in [0.2, 0.25) is 0 Å². The Morgan fingerprint density at radius 3 is 2.59 bits per heavy atom. The van der Waals surface area contributed by atoms with E-state index in [1.165, 1.54) is 12.1 Å². The van der Waals surface area contributed by atoms with Crippen LogP contribution in [-0.2, 0) is 11.3 Å². The highest BCUT2D eigenvalue weighted by Gasteiger charge is 2.22. The SMILES string of the molecule is CCOC(=O)c1nc(NCc2ccccc2)c2c(-c3ccc(F)cc3)noc2n1. The van der Waals surface area contributed by atoms with Crippen LogP contribution in [0.15, 0.2) is 59.1 Å². The maximum Gasteiger partial charge on any atom is 0.376 e. The predicted molar refractivity (Wildman–Crippen MR) is 105 cm³/mol. The standard InChI is InChI=1S/C21H17FN4O3/c1-2-28-21(27)19-24-18(23-12-13-6-4-3-5-7-13)16-17(26-29-20(16)25-19)14-8-10-15(22)11-9-14/h3-11H,2,12H2,1H3,(H,23,24,25). The zero-order chi connectivity index (χ0) is 20.2. The summed E-state index contributed by atoms with van der Waals surface area (Å²) in [6.07, 6.45) is 0. The fourth-order valence-electron chi connectivity index (χ4n) is 2.86. The van der Waals surface area contributed by atoms with E-state index in [4.69, 9.17) is 9.26 Å². The lowest BCUT2D eigenvalue weighted by Gasteiger charge is -2.09. The Balaban J connectivity index is 1.80. The monoisotopic (exact) mass is 392 g/mol. The summed E-state index contributed by atoms with van der Waals surface area (Å²) in [4.78, 5) is 20.6. The molecule has 146 valence electrons. The van der Waals surface area contributed by atoms with Gasteiger partial charge in [-0.1, -0.05) is 35.5 Å². The minimum atomic E-state index is -0.656. The van der Waals surface area contributed by atoms with Crippen molar-refractivity contribution in [1.82, 2.24) is 15.1 Å². The van der Waals surface area contributed by atoms with Crippen LogP contribution in [0.25, 0.3) is 22.4 Å². The topological polar surface area (TPSA) is 90.1 Å². The minimum absolute atomic E-state index is 0.128. The number of nitrogens with one attached hydrogen (secondary N) is 1. The van der Waals surface area contributed by atoms with Crippen molar-refractivity contribution < 1.29 is 18.4 Å². The Morgan fingerprint density at radius 1 is 1.10 bits per heavy atom. The molecule has 2 aromatic carbocycles. The first-order valence-electron chi connectivity index (χ1n) is 9.04. The Morgan fingerprint density at radius 2 is 1.86 bits per heavy atom. The number of rotatable bonds is 6. The molecule has 0 aliphatic heterocycles. The van der Waals surface area contributed by atoms with Gasteiger partial charge in [-0.15, -0.1) is 0 Å². The number of carbonyl (C=O) groups excluding carboxylic acids is 1. The van der Waals surface area contributed by atoms with Crippen molar-refractivity contribution in [2.24, 2.45) is 0 Å². The van der Waals surface area contributed by atoms with Gasteiger partial charge in [0.1, 0.15) is 22.7 Å². The van der Waals surface area contributed by atoms with Crippen molar-refractivity contribution in [2.45, 2.75) is 13.5 Å². The third kappa shape index (κ3) is 3.91. The smallest absolute Gasteiger partial charge is 0.376 e. The normalized spacial score (nSPS) is 10.8. The summed E-state index contributed by atoms with van der Waals surface area (Å²) in [7, 11) is 0. The van der Waals surface area contributed by atoms with Gasteiger partial charge in [0.05, 0.1) is 6.61 Å². The van der Waals surface area contributed by atoms with E-state index in [9.17, 15) is 9.18 Å². The lowest BCUT2D eigenvalue weighted by molar-refractivity contribution is 0.0512. The lowest BCUT2D eigenvalue weighted by Crippen LogP contribution is -2.12. The molecule has 2 aromatic heterocycles. The first-order valence-corrected chi connectivity index (χ1v) is 9.04. The van der Waals surface area contributed by atoms with Gasteiger partial charge < -0.3 is 14.6 Å². The molecule has 0 saturated heterocycles. The molecule has 0 fully saturated rings. The van der Waals surface area contributed by atoms with E-state index < -0.39 is 5.97 Å². The van der Waals surface area contributed by atoms with Gasteiger partial charge in [0.25, 0.3) is 5.71 Å². The van der Waals surface area contributed by atoms with Crippen LogP contribution in [0.3, 0.4) is 0 Å². The largest absolute Gasteiger partial charge is 0.460 e. The van der Waals surface area contributed by atoms with E-state index in [1.807, 2.05) is 30.3 Å². The third-order valence-corrected chi connectivity index (χ3v) is 4.21. The number of hydrogen-bond donors (Lipinski definition) is 1. The van der Waals surface area contributed by atoms with E-state index in [0.717, 1.165) is 5.56 Å². The average Bonchev–Trinajstić information content (AvgIpc) is 3.18. The van der Waals surface area contributed by atoms with E-state index in [2.05, 4.69) is 20.4 Å². The quantitative estimate of drug-likeness (QED) is 0.492. The Hall–Kier alpha value is -3.81. The molecule has 0 unspecified atom stereocenters. The number of carbonyl (C=O) groups is 1. The fourth-order valence-corrected chi connectivity index (χ4v) is 2.86. The maximum absolute atomic E-state index is 13.3. The molecule has 29 heavy (non-hydrogen) atoms. The molecular formula is C21H17FN4O3. The molecule has 0 aliphatic rings. The summed E-state index contributed by atoms with van der Waals surface area (Å²) in [5.74, 6) is -0.763. The molecule has 4 aromatic rings. The summed E-state index contributed by atoms with van der Waals surface area (Å²) < 4.78 is 23.7. The first kappa shape index (κ1) is 18.5. The molecule has 0 aliphatic carbocycles. The Labute approximate surface area is 165 Å². The number of ether oxygens (including phenoxy) is 1. The van der Waals surface area contributed by atoms with E-state index >= 15 is 0 Å². The second-order valence-electron chi connectivity index (χ2n) is 6.17. The minimum Gasteiger partial charge on any atom is -0.460 e. The molecule has 0 spiro atoms. The number of halogens is 1. The van der Waals surface area contributed by atoms with Crippen LogP contribution in [0, 0.1) is 5.82 Å². The summed E-state index contributed by atoms with van der Waals surface area (Å²) >= 11 is 0. The van der Waals surface area contributed by atoms with Gasteiger partial charge in [0.2, 0.25) is 5.82 Å². The predicted octanol–water partition coefficient (Wildman–Crippen LogP) is 4.21. The van der Waals surface area contributed by atoms with E-state index in [0.29, 0.717) is 29.0 Å². The molecule has 1 N–H and O–H groups in total. The van der Waals surface area contributed by atoms with Gasteiger partial charge in [-0.25, -0.2) is 14.2 Å². The number of fused-ring (bicyclic) bond motifs is 1. The van der Waals surface area contributed by atoms with Gasteiger partial charge in [-0.3, -0.25) is 0 Å². The van der Waals surface area contributed by atoms with Gasteiger partial charge in [-0.05, 0) is 36.8 Å². The highest BCUT2D eigenvalue weighted by Crippen LogP contribution is 2.32. The summed E-state index contributed by atoms with van der Waals surface area (Å²) in [5.41, 5.74) is 2.25. The molecular weight excluding hydrogens is 375 g/mol. The highest BCUT2D eigenvalue weighted by molar-refractivity contribution is 5.99. The van der Waals surface area contributed by atoms with Gasteiger partial charge in [0.15, 0.2) is 0 Å². The zero-order valence-electron chi connectivity index (χ0n) is 15.6. The summed E-state index contributed by atoms with van der Waals surface area (Å²) in [6.45, 7) is 2.36. The van der Waals surface area contributed by atoms with Crippen LogP contribution >= 0.6 is 0 Å². The van der Waals surface area contributed by atoms with E-state index in [1.54, 1.807) is 19.1 Å². The molecule has 0 saturated carbocycles. The second kappa shape index (κ2) is 8.05. The second-order valence-corrected chi connectivity index (χ2v) is 6.17. The van der Waals surface area contributed by atoms with Gasteiger partial charge in [0, 0.05) is 12.1 Å². The molecule has 2 heterocycles. The van der Waals surface area contributed by atoms with Crippen LogP contribution in [0.5, 0.6) is 0 Å². The van der Waals surface area contributed by atoms with Gasteiger partial charge in [-0.2, -0.15) is 4.98 Å². The lowest BCUT2D eigenvalue weighted by atomic mass is 10.1. The van der Waals surface area contributed by atoms with Crippen molar-refractivity contribution in [3.05, 3.63) is 71.8 Å². The van der Waals surface area contributed by atoms with E-state index in [-0.39, 0.29) is 24.0 Å². The van der Waals surface area contributed by atoms with Crippen LogP contribution in [-0.4, -0.2) is 27.7 Å². The van der Waals surface area contributed by atoms with Crippen molar-refractivity contribution in [3.8, 4) is 11.3 Å². The molecule has 0 radical (unpaired) electrons. The molecule has 0 bridgehead atoms. The van der Waals surface area contributed by atoms with Crippen molar-refractivity contribution in [3.63, 3.8) is 0 Å². The van der Waals surface area contributed by atoms with Crippen LogP contribution < -0.4 is 5.32 Å². The van der Waals surface area contributed by atoms with Gasteiger partial charge >= 0.3 is 5.97 Å².